The fourth-order valence-electron chi connectivity index (χ4n) is 5.40. The van der Waals surface area contributed by atoms with Crippen molar-refractivity contribution in [1.29, 1.82) is 0 Å². The molecule has 3 aromatic rings. The Labute approximate surface area is 234 Å². The molecule has 0 fully saturated rings. The molecular weight excluding hydrogens is 514 g/mol. The third-order valence-corrected chi connectivity index (χ3v) is 7.90. The van der Waals surface area contributed by atoms with Crippen LogP contribution in [0.4, 0.5) is 0 Å². The zero-order valence-corrected chi connectivity index (χ0v) is 25.0. The summed E-state index contributed by atoms with van der Waals surface area (Å²) in [6.07, 6.45) is 1.79. The average Bonchev–Trinajstić information content (AvgIpc) is 3.50. The van der Waals surface area contributed by atoms with Gasteiger partial charge in [0, 0.05) is 24.2 Å². The van der Waals surface area contributed by atoms with E-state index < -0.39 is 29.1 Å². The maximum atomic E-state index is 14.6. The number of carbonyl (C=O) groups is 2. The number of rotatable bonds is 5. The molecular formula is C30H39N3O5S. The minimum Gasteiger partial charge on any atom is -0.494 e. The van der Waals surface area contributed by atoms with Gasteiger partial charge < -0.3 is 19.8 Å². The van der Waals surface area contributed by atoms with Crippen LogP contribution >= 0.6 is 11.3 Å². The molecule has 0 saturated carbocycles. The standard InChI is InChI=1S/C30H39N3O5S/c1-17(2)16-30(27(37)38-29(6,7)8)21-20(25(35)32(9)26(21)36)22(23-31-14-15-39-23)33(30)24(34)18-10-12-19(13-11-18)28(3,4)5/h10-15,17,22,35-36H,16H2,1-9H3/t22-,30+/m1/s1. The van der Waals surface area contributed by atoms with Crippen LogP contribution in [0.25, 0.3) is 0 Å². The topological polar surface area (TPSA) is 105 Å². The number of thiazole rings is 1. The number of benzene rings is 1. The van der Waals surface area contributed by atoms with Crippen LogP contribution in [0.15, 0.2) is 35.8 Å². The fourth-order valence-corrected chi connectivity index (χ4v) is 6.14. The molecule has 1 amide bonds. The van der Waals surface area contributed by atoms with E-state index in [-0.39, 0.29) is 40.6 Å². The molecule has 1 aliphatic rings. The molecule has 0 unspecified atom stereocenters. The van der Waals surface area contributed by atoms with Crippen LogP contribution in [0.3, 0.4) is 0 Å². The van der Waals surface area contributed by atoms with Gasteiger partial charge in [-0.1, -0.05) is 46.8 Å². The number of carbonyl (C=O) groups excluding carboxylic acids is 2. The largest absolute Gasteiger partial charge is 0.494 e. The first-order chi connectivity index (χ1) is 18.0. The number of hydrogen-bond acceptors (Lipinski definition) is 7. The number of fused-ring (bicyclic) bond motifs is 1. The Bertz CT molecular complexity index is 1380. The quantitative estimate of drug-likeness (QED) is 0.375. The minimum absolute atomic E-state index is 0.0827. The van der Waals surface area contributed by atoms with Gasteiger partial charge in [-0.2, -0.15) is 0 Å². The van der Waals surface area contributed by atoms with Gasteiger partial charge in [0.1, 0.15) is 16.7 Å². The van der Waals surface area contributed by atoms with Crippen LogP contribution in [0, 0.1) is 5.92 Å². The minimum atomic E-state index is -1.71. The van der Waals surface area contributed by atoms with Crippen molar-refractivity contribution in [3.8, 4) is 11.8 Å². The maximum Gasteiger partial charge on any atom is 0.337 e. The zero-order valence-electron chi connectivity index (χ0n) is 24.2. The van der Waals surface area contributed by atoms with E-state index in [1.165, 1.54) is 27.9 Å². The number of esters is 1. The third kappa shape index (κ3) is 4.81. The molecule has 8 nitrogen and oxygen atoms in total. The van der Waals surface area contributed by atoms with Crippen molar-refractivity contribution in [3.05, 3.63) is 63.1 Å². The normalized spacial score (nSPS) is 19.4. The van der Waals surface area contributed by atoms with E-state index in [0.717, 1.165) is 5.56 Å². The molecule has 4 rings (SSSR count). The van der Waals surface area contributed by atoms with E-state index in [9.17, 15) is 19.8 Å². The van der Waals surface area contributed by atoms with Gasteiger partial charge in [-0.25, -0.2) is 9.78 Å². The molecule has 0 bridgehead atoms. The number of aromatic nitrogens is 2. The number of amides is 1. The zero-order chi connectivity index (χ0) is 29.1. The van der Waals surface area contributed by atoms with Crippen molar-refractivity contribution in [3.63, 3.8) is 0 Å². The predicted octanol–water partition coefficient (Wildman–Crippen LogP) is 6.02. The van der Waals surface area contributed by atoms with Gasteiger partial charge in [0.15, 0.2) is 17.3 Å². The van der Waals surface area contributed by atoms with E-state index >= 15 is 0 Å². The Morgan fingerprint density at radius 3 is 2.18 bits per heavy atom. The molecule has 1 aromatic carbocycles. The molecule has 39 heavy (non-hydrogen) atoms. The summed E-state index contributed by atoms with van der Waals surface area (Å²) < 4.78 is 7.22. The van der Waals surface area contributed by atoms with Crippen LogP contribution in [0.5, 0.6) is 11.8 Å². The summed E-state index contributed by atoms with van der Waals surface area (Å²) in [5, 5.41) is 25.0. The Hall–Kier alpha value is -3.33. The highest BCUT2D eigenvalue weighted by Crippen LogP contribution is 2.60. The first-order valence-corrected chi connectivity index (χ1v) is 14.1. The monoisotopic (exact) mass is 553 g/mol. The highest BCUT2D eigenvalue weighted by molar-refractivity contribution is 7.09. The predicted molar refractivity (Wildman–Crippen MR) is 151 cm³/mol. The first kappa shape index (κ1) is 28.7. The summed E-state index contributed by atoms with van der Waals surface area (Å²) in [6, 6.07) is 6.45. The van der Waals surface area contributed by atoms with E-state index in [2.05, 4.69) is 25.8 Å². The van der Waals surface area contributed by atoms with Gasteiger partial charge in [0.25, 0.3) is 5.91 Å². The van der Waals surface area contributed by atoms with Gasteiger partial charge in [-0.05, 0) is 56.2 Å². The van der Waals surface area contributed by atoms with Gasteiger partial charge in [-0.15, -0.1) is 11.3 Å². The lowest BCUT2D eigenvalue weighted by atomic mass is 9.82. The third-order valence-electron chi connectivity index (χ3n) is 7.07. The molecule has 0 radical (unpaired) electrons. The van der Waals surface area contributed by atoms with Crippen LogP contribution in [0.1, 0.15) is 99.9 Å². The molecule has 0 spiro atoms. The smallest absolute Gasteiger partial charge is 0.337 e. The van der Waals surface area contributed by atoms with E-state index in [1.807, 2.05) is 26.0 Å². The van der Waals surface area contributed by atoms with Crippen molar-refractivity contribution in [1.82, 2.24) is 14.5 Å². The Morgan fingerprint density at radius 1 is 1.08 bits per heavy atom. The summed E-state index contributed by atoms with van der Waals surface area (Å²) in [4.78, 5) is 34.9. The molecule has 2 N–H and O–H groups in total. The van der Waals surface area contributed by atoms with Gasteiger partial charge >= 0.3 is 5.97 Å². The molecule has 2 atom stereocenters. The summed E-state index contributed by atoms with van der Waals surface area (Å²) in [5.41, 5.74) is -0.759. The SMILES string of the molecule is CC(C)C[C@@]1(C(=O)OC(C)(C)C)c2c(c(O)n(C)c2O)[C@H](c2nccs2)N1C(=O)c1ccc(C(C)(C)C)cc1. The van der Waals surface area contributed by atoms with Crippen LogP contribution in [0.2, 0.25) is 0 Å². The highest BCUT2D eigenvalue weighted by atomic mass is 32.1. The van der Waals surface area contributed by atoms with Crippen molar-refractivity contribution in [2.75, 3.05) is 0 Å². The number of ether oxygens (including phenoxy) is 1. The summed E-state index contributed by atoms with van der Waals surface area (Å²) in [7, 11) is 1.52. The number of aromatic hydroxyl groups is 2. The number of nitrogens with zero attached hydrogens (tertiary/aromatic N) is 3. The van der Waals surface area contributed by atoms with Crippen LogP contribution in [-0.2, 0) is 27.5 Å². The first-order valence-electron chi connectivity index (χ1n) is 13.2. The average molecular weight is 554 g/mol. The molecule has 210 valence electrons. The van der Waals surface area contributed by atoms with Gasteiger partial charge in [0.2, 0.25) is 0 Å². The number of hydrogen-bond donors (Lipinski definition) is 2. The summed E-state index contributed by atoms with van der Waals surface area (Å²) >= 11 is 1.32. The maximum absolute atomic E-state index is 14.6. The second kappa shape index (κ2) is 9.70. The Balaban J connectivity index is 2.05. The fraction of sp³-hybridized carbons (Fsp3) is 0.500. The van der Waals surface area contributed by atoms with Crippen LogP contribution in [-0.4, -0.2) is 42.1 Å². The second-order valence-corrected chi connectivity index (χ2v) is 13.7. The molecule has 2 aromatic heterocycles. The van der Waals surface area contributed by atoms with E-state index in [1.54, 1.807) is 44.5 Å². The van der Waals surface area contributed by atoms with Crippen molar-refractivity contribution >= 4 is 23.2 Å². The molecule has 0 aliphatic carbocycles. The van der Waals surface area contributed by atoms with E-state index in [0.29, 0.717) is 10.6 Å². The van der Waals surface area contributed by atoms with Crippen LogP contribution < -0.4 is 0 Å². The lowest BCUT2D eigenvalue weighted by Gasteiger charge is -2.42. The van der Waals surface area contributed by atoms with Crippen molar-refractivity contribution in [2.45, 2.75) is 84.4 Å². The van der Waals surface area contributed by atoms with Crippen molar-refractivity contribution in [2.24, 2.45) is 13.0 Å². The summed E-state index contributed by atoms with van der Waals surface area (Å²) in [6.45, 7) is 15.5. The molecule has 1 aliphatic heterocycles. The molecule has 0 saturated heterocycles. The summed E-state index contributed by atoms with van der Waals surface area (Å²) in [5.74, 6) is -1.67. The Kier molecular flexibility index (Phi) is 7.13. The molecule has 3 heterocycles. The lowest BCUT2D eigenvalue weighted by Crippen LogP contribution is -2.54. The van der Waals surface area contributed by atoms with E-state index in [4.69, 9.17) is 4.74 Å². The lowest BCUT2D eigenvalue weighted by molar-refractivity contribution is -0.170. The van der Waals surface area contributed by atoms with Gasteiger partial charge in [-0.3, -0.25) is 9.36 Å². The highest BCUT2D eigenvalue weighted by Gasteiger charge is 2.63. The molecule has 9 heteroatoms. The Morgan fingerprint density at radius 2 is 1.69 bits per heavy atom. The van der Waals surface area contributed by atoms with Gasteiger partial charge in [0.05, 0.1) is 11.1 Å². The van der Waals surface area contributed by atoms with Crippen molar-refractivity contribution < 1.29 is 24.5 Å². The second-order valence-electron chi connectivity index (χ2n) is 12.7.